The van der Waals surface area contributed by atoms with Gasteiger partial charge in [0.15, 0.2) is 0 Å². The van der Waals surface area contributed by atoms with Crippen molar-refractivity contribution in [1.29, 1.82) is 0 Å². The van der Waals surface area contributed by atoms with Crippen LogP contribution in [0.25, 0.3) is 0 Å². The van der Waals surface area contributed by atoms with E-state index in [9.17, 15) is 18.0 Å². The average Bonchev–Trinajstić information content (AvgIpc) is 3.20. The summed E-state index contributed by atoms with van der Waals surface area (Å²) in [6, 6.07) is 5.94. The third kappa shape index (κ3) is 7.47. The molecule has 6 heteroatoms. The van der Waals surface area contributed by atoms with Gasteiger partial charge >= 0.3 is 12.1 Å². The number of rotatable bonds is 10. The molecule has 0 heterocycles. The summed E-state index contributed by atoms with van der Waals surface area (Å²) in [6.07, 6.45) is 5.40. The molecule has 1 aromatic rings. The Hall–Kier alpha value is -1.56. The van der Waals surface area contributed by atoms with Gasteiger partial charge in [-0.15, -0.1) is 0 Å². The summed E-state index contributed by atoms with van der Waals surface area (Å²) in [5.74, 6) is 1.22. The van der Waals surface area contributed by atoms with Crippen molar-refractivity contribution < 1.29 is 22.7 Å². The van der Waals surface area contributed by atoms with E-state index in [0.717, 1.165) is 37.9 Å². The topological polar surface area (TPSA) is 29.5 Å². The van der Waals surface area contributed by atoms with Crippen LogP contribution in [0, 0.1) is 17.8 Å². The first-order chi connectivity index (χ1) is 16.2. The molecule has 0 spiro atoms. The van der Waals surface area contributed by atoms with E-state index >= 15 is 0 Å². The highest BCUT2D eigenvalue weighted by atomic mass is 19.4. The van der Waals surface area contributed by atoms with Crippen LogP contribution in [0.1, 0.15) is 95.6 Å². The molecule has 1 aromatic carbocycles. The van der Waals surface area contributed by atoms with E-state index in [4.69, 9.17) is 4.74 Å². The molecule has 34 heavy (non-hydrogen) atoms. The van der Waals surface area contributed by atoms with Crippen molar-refractivity contribution >= 4 is 5.97 Å². The summed E-state index contributed by atoms with van der Waals surface area (Å²) in [6.45, 7) is 8.69. The molecule has 2 saturated carbocycles. The minimum absolute atomic E-state index is 0.0439. The fourth-order valence-corrected chi connectivity index (χ4v) is 6.04. The van der Waals surface area contributed by atoms with Crippen LogP contribution in [0.2, 0.25) is 0 Å². The van der Waals surface area contributed by atoms with E-state index in [1.54, 1.807) is 19.1 Å². The summed E-state index contributed by atoms with van der Waals surface area (Å²) < 4.78 is 44.9. The van der Waals surface area contributed by atoms with Crippen molar-refractivity contribution in [3.63, 3.8) is 0 Å². The van der Waals surface area contributed by atoms with E-state index in [1.165, 1.54) is 44.2 Å². The third-order valence-corrected chi connectivity index (χ3v) is 7.79. The molecule has 0 bridgehead atoms. The number of nitrogens with zero attached hydrogens (tertiary/aromatic N) is 1. The van der Waals surface area contributed by atoms with Crippen LogP contribution in [0.3, 0.4) is 0 Å². The van der Waals surface area contributed by atoms with Gasteiger partial charge in [0.25, 0.3) is 0 Å². The Balaban J connectivity index is 1.87. The van der Waals surface area contributed by atoms with Crippen molar-refractivity contribution in [2.45, 2.75) is 96.7 Å². The second kappa shape index (κ2) is 12.4. The van der Waals surface area contributed by atoms with E-state index in [-0.39, 0.29) is 23.8 Å². The number of hydrogen-bond donors (Lipinski definition) is 0. The van der Waals surface area contributed by atoms with Gasteiger partial charge in [-0.2, -0.15) is 13.2 Å². The number of esters is 1. The summed E-state index contributed by atoms with van der Waals surface area (Å²) in [4.78, 5) is 15.0. The van der Waals surface area contributed by atoms with Gasteiger partial charge in [-0.05, 0) is 81.0 Å². The molecule has 3 atom stereocenters. The fraction of sp³-hybridized carbons (Fsp3) is 0.750. The van der Waals surface area contributed by atoms with E-state index in [0.29, 0.717) is 24.9 Å². The number of alkyl halides is 3. The van der Waals surface area contributed by atoms with Crippen molar-refractivity contribution in [3.8, 4) is 0 Å². The summed E-state index contributed by atoms with van der Waals surface area (Å²) in [7, 11) is 0. The van der Waals surface area contributed by atoms with Crippen molar-refractivity contribution in [3.05, 3.63) is 35.4 Å². The fourth-order valence-electron chi connectivity index (χ4n) is 6.04. The lowest BCUT2D eigenvalue weighted by atomic mass is 9.82. The zero-order valence-corrected chi connectivity index (χ0v) is 21.1. The Morgan fingerprint density at radius 1 is 1.06 bits per heavy atom. The average molecular weight is 482 g/mol. The molecule has 192 valence electrons. The first kappa shape index (κ1) is 27.0. The number of benzene rings is 1. The molecule has 0 aliphatic heterocycles. The molecule has 2 aliphatic rings. The zero-order chi connectivity index (χ0) is 24.7. The number of carbonyl (C=O) groups is 1. The number of hydrogen-bond acceptors (Lipinski definition) is 3. The van der Waals surface area contributed by atoms with Gasteiger partial charge in [-0.3, -0.25) is 9.69 Å². The summed E-state index contributed by atoms with van der Waals surface area (Å²) in [5, 5.41) is 0. The lowest BCUT2D eigenvalue weighted by Gasteiger charge is -2.38. The molecular weight excluding hydrogens is 439 g/mol. The van der Waals surface area contributed by atoms with Crippen molar-refractivity contribution in [1.82, 2.24) is 4.90 Å². The van der Waals surface area contributed by atoms with Gasteiger partial charge in [-0.1, -0.05) is 45.2 Å². The van der Waals surface area contributed by atoms with Crippen LogP contribution in [0.4, 0.5) is 13.2 Å². The van der Waals surface area contributed by atoms with E-state index in [2.05, 4.69) is 18.7 Å². The first-order valence-electron chi connectivity index (χ1n) is 13.3. The Labute approximate surface area is 203 Å². The van der Waals surface area contributed by atoms with Crippen LogP contribution in [-0.2, 0) is 15.7 Å². The SMILES string of the molecule is CCOC(=O)C[C@H]1CC[C@@H](N(CCC(C)C)CC2CCCCC2)[C@@H]1c1ccc(C(F)(F)F)cc1. The van der Waals surface area contributed by atoms with Crippen LogP contribution in [0.5, 0.6) is 0 Å². The van der Waals surface area contributed by atoms with Gasteiger partial charge in [0.1, 0.15) is 0 Å². The number of carbonyl (C=O) groups excluding carboxylic acids is 1. The highest BCUT2D eigenvalue weighted by molar-refractivity contribution is 5.70. The highest BCUT2D eigenvalue weighted by Gasteiger charge is 2.42. The smallest absolute Gasteiger partial charge is 0.416 e. The molecule has 2 fully saturated rings. The Morgan fingerprint density at radius 2 is 1.74 bits per heavy atom. The Morgan fingerprint density at radius 3 is 2.32 bits per heavy atom. The van der Waals surface area contributed by atoms with Crippen LogP contribution in [0.15, 0.2) is 24.3 Å². The Bertz CT molecular complexity index is 756. The standard InChI is InChI=1S/C28H42F3NO2/c1-4-34-26(33)18-23-12-15-25(27(23)22-10-13-24(14-11-22)28(29,30)31)32(17-16-20(2)3)19-21-8-6-5-7-9-21/h10-11,13-14,20-21,23,25,27H,4-9,12,15-19H2,1-3H3/t23-,25-,27-/m1/s1. The van der Waals surface area contributed by atoms with Gasteiger partial charge in [0, 0.05) is 24.9 Å². The van der Waals surface area contributed by atoms with Gasteiger partial charge < -0.3 is 4.74 Å². The largest absolute Gasteiger partial charge is 0.466 e. The highest BCUT2D eigenvalue weighted by Crippen LogP contribution is 2.45. The van der Waals surface area contributed by atoms with Gasteiger partial charge in [0.05, 0.1) is 12.2 Å². The van der Waals surface area contributed by atoms with Gasteiger partial charge in [-0.25, -0.2) is 0 Å². The number of halogens is 3. The first-order valence-corrected chi connectivity index (χ1v) is 13.3. The third-order valence-electron chi connectivity index (χ3n) is 7.79. The lowest BCUT2D eigenvalue weighted by Crippen LogP contribution is -2.42. The molecule has 0 amide bonds. The lowest BCUT2D eigenvalue weighted by molar-refractivity contribution is -0.144. The molecule has 0 unspecified atom stereocenters. The second-order valence-corrected chi connectivity index (χ2v) is 10.7. The molecule has 0 radical (unpaired) electrons. The number of ether oxygens (including phenoxy) is 1. The van der Waals surface area contributed by atoms with Crippen LogP contribution in [-0.4, -0.2) is 36.6 Å². The van der Waals surface area contributed by atoms with E-state index in [1.807, 2.05) is 0 Å². The molecular formula is C28H42F3NO2. The molecule has 0 aromatic heterocycles. The van der Waals surface area contributed by atoms with Crippen molar-refractivity contribution in [2.75, 3.05) is 19.7 Å². The molecule has 0 N–H and O–H groups in total. The van der Waals surface area contributed by atoms with Crippen LogP contribution < -0.4 is 0 Å². The molecule has 2 aliphatic carbocycles. The minimum atomic E-state index is -4.35. The zero-order valence-electron chi connectivity index (χ0n) is 21.1. The van der Waals surface area contributed by atoms with Crippen molar-refractivity contribution in [2.24, 2.45) is 17.8 Å². The quantitative estimate of drug-likeness (QED) is 0.325. The molecule has 0 saturated heterocycles. The predicted molar refractivity (Wildman–Crippen MR) is 130 cm³/mol. The molecule has 3 rings (SSSR count). The van der Waals surface area contributed by atoms with Crippen LogP contribution >= 0.6 is 0 Å². The van der Waals surface area contributed by atoms with E-state index < -0.39 is 11.7 Å². The second-order valence-electron chi connectivity index (χ2n) is 10.7. The minimum Gasteiger partial charge on any atom is -0.466 e. The molecule has 3 nitrogen and oxygen atoms in total. The summed E-state index contributed by atoms with van der Waals surface area (Å²) in [5.41, 5.74) is 0.301. The maximum Gasteiger partial charge on any atom is 0.416 e. The van der Waals surface area contributed by atoms with Gasteiger partial charge in [0.2, 0.25) is 0 Å². The monoisotopic (exact) mass is 481 g/mol. The normalized spacial score (nSPS) is 24.2. The maximum absolute atomic E-state index is 13.2. The maximum atomic E-state index is 13.2. The summed E-state index contributed by atoms with van der Waals surface area (Å²) >= 11 is 0. The Kier molecular flexibility index (Phi) is 9.87. The predicted octanol–water partition coefficient (Wildman–Crippen LogP) is 7.45.